The Morgan fingerprint density at radius 2 is 1.84 bits per heavy atom. The molecule has 0 radical (unpaired) electrons. The van der Waals surface area contributed by atoms with E-state index in [0.29, 0.717) is 12.6 Å². The lowest BCUT2D eigenvalue weighted by atomic mass is 9.83. The number of benzene rings is 1. The van der Waals surface area contributed by atoms with Gasteiger partial charge in [-0.05, 0) is 127 Å². The van der Waals surface area contributed by atoms with Crippen LogP contribution in [0.15, 0.2) is 22.7 Å². The van der Waals surface area contributed by atoms with E-state index in [1.54, 1.807) is 0 Å². The Morgan fingerprint density at radius 3 is 2.50 bits per heavy atom. The number of carbonyl (C=O) groups excluding carboxylic acids is 1. The second-order valence-corrected chi connectivity index (χ2v) is 10.8. The number of ether oxygens (including phenoxy) is 1. The highest BCUT2D eigenvalue weighted by Gasteiger charge is 2.24. The molecule has 2 aliphatic rings. The van der Waals surface area contributed by atoms with Crippen molar-refractivity contribution in [1.82, 2.24) is 15.5 Å². The molecule has 0 aromatic heterocycles. The van der Waals surface area contributed by atoms with Gasteiger partial charge in [0.25, 0.3) is 0 Å². The molecule has 1 saturated heterocycles. The standard InChI is InChI=1S/C26H42BrN3O2/c1-4-28-26(31)29-23-7-5-20(6-8-23)11-14-30-15-12-21(13-16-30)17-22-18-24(32-19(2)3)9-10-25(22)27/h9-10,18-21,23H,4-8,11-17H2,1-3H3,(H2,28,29,31)/t20-,23-. The van der Waals surface area contributed by atoms with E-state index in [1.165, 1.54) is 61.8 Å². The third-order valence-corrected chi connectivity index (χ3v) is 7.75. The molecular weight excluding hydrogens is 466 g/mol. The van der Waals surface area contributed by atoms with E-state index in [4.69, 9.17) is 4.74 Å². The highest BCUT2D eigenvalue weighted by atomic mass is 79.9. The third kappa shape index (κ3) is 8.26. The summed E-state index contributed by atoms with van der Waals surface area (Å²) < 4.78 is 7.09. The first-order valence-electron chi connectivity index (χ1n) is 12.6. The molecule has 2 N–H and O–H groups in total. The van der Waals surface area contributed by atoms with Crippen LogP contribution in [0.5, 0.6) is 5.75 Å². The fourth-order valence-electron chi connectivity index (χ4n) is 5.14. The Labute approximate surface area is 203 Å². The van der Waals surface area contributed by atoms with Crippen LogP contribution >= 0.6 is 15.9 Å². The summed E-state index contributed by atoms with van der Waals surface area (Å²) >= 11 is 3.74. The van der Waals surface area contributed by atoms with Crippen LogP contribution in [0.25, 0.3) is 0 Å². The van der Waals surface area contributed by atoms with Crippen LogP contribution in [0, 0.1) is 11.8 Å². The SMILES string of the molecule is CCNC(=O)N[C@H]1CC[C@H](CCN2CCC(Cc3cc(OC(C)C)ccc3Br)CC2)CC1. The van der Waals surface area contributed by atoms with Gasteiger partial charge < -0.3 is 20.3 Å². The first-order valence-corrected chi connectivity index (χ1v) is 13.4. The number of hydrogen-bond acceptors (Lipinski definition) is 3. The predicted octanol–water partition coefficient (Wildman–Crippen LogP) is 5.76. The van der Waals surface area contributed by atoms with E-state index in [2.05, 4.69) is 63.5 Å². The van der Waals surface area contributed by atoms with Gasteiger partial charge in [0, 0.05) is 17.1 Å². The molecule has 0 unspecified atom stereocenters. The molecule has 180 valence electrons. The molecule has 0 atom stereocenters. The van der Waals surface area contributed by atoms with Crippen molar-refractivity contribution >= 4 is 22.0 Å². The topological polar surface area (TPSA) is 53.6 Å². The molecule has 1 aliphatic heterocycles. The second kappa shape index (κ2) is 12.8. The molecule has 2 amide bonds. The van der Waals surface area contributed by atoms with Crippen LogP contribution in [0.4, 0.5) is 4.79 Å². The molecule has 1 aromatic rings. The van der Waals surface area contributed by atoms with Crippen LogP contribution in [0.1, 0.15) is 71.3 Å². The zero-order valence-corrected chi connectivity index (χ0v) is 21.8. The molecule has 1 saturated carbocycles. The fraction of sp³-hybridized carbons (Fsp3) is 0.731. The molecule has 3 rings (SSSR count). The summed E-state index contributed by atoms with van der Waals surface area (Å²) in [7, 11) is 0. The number of carbonyl (C=O) groups is 1. The van der Waals surface area contributed by atoms with Crippen LogP contribution in [-0.4, -0.2) is 49.3 Å². The van der Waals surface area contributed by atoms with Crippen molar-refractivity contribution in [2.45, 2.75) is 84.3 Å². The number of piperidine rings is 1. The highest BCUT2D eigenvalue weighted by molar-refractivity contribution is 9.10. The van der Waals surface area contributed by atoms with Gasteiger partial charge in [-0.3, -0.25) is 0 Å². The van der Waals surface area contributed by atoms with Crippen LogP contribution in [0.2, 0.25) is 0 Å². The molecular formula is C26H42BrN3O2. The number of hydrogen-bond donors (Lipinski definition) is 2. The summed E-state index contributed by atoms with van der Waals surface area (Å²) in [5.74, 6) is 2.55. The van der Waals surface area contributed by atoms with Crippen molar-refractivity contribution in [2.24, 2.45) is 11.8 Å². The Morgan fingerprint density at radius 1 is 1.12 bits per heavy atom. The van der Waals surface area contributed by atoms with Crippen LogP contribution in [-0.2, 0) is 6.42 Å². The molecule has 32 heavy (non-hydrogen) atoms. The van der Waals surface area contributed by atoms with E-state index in [1.807, 2.05) is 6.92 Å². The Kier molecular flexibility index (Phi) is 10.2. The van der Waals surface area contributed by atoms with Crippen molar-refractivity contribution in [1.29, 1.82) is 0 Å². The van der Waals surface area contributed by atoms with Gasteiger partial charge in [0.1, 0.15) is 5.75 Å². The minimum absolute atomic E-state index is 0.00924. The largest absolute Gasteiger partial charge is 0.491 e. The summed E-state index contributed by atoms with van der Waals surface area (Å²) in [5, 5.41) is 5.95. The zero-order chi connectivity index (χ0) is 22.9. The maximum absolute atomic E-state index is 11.7. The summed E-state index contributed by atoms with van der Waals surface area (Å²) in [6.07, 6.45) is 9.95. The smallest absolute Gasteiger partial charge is 0.314 e. The molecule has 1 aromatic carbocycles. The summed E-state index contributed by atoms with van der Waals surface area (Å²) in [5.41, 5.74) is 1.37. The average molecular weight is 509 g/mol. The Bertz CT molecular complexity index is 711. The maximum atomic E-state index is 11.7. The fourth-order valence-corrected chi connectivity index (χ4v) is 5.54. The molecule has 1 aliphatic carbocycles. The van der Waals surface area contributed by atoms with Gasteiger partial charge in [-0.1, -0.05) is 15.9 Å². The van der Waals surface area contributed by atoms with Gasteiger partial charge in [-0.25, -0.2) is 4.79 Å². The van der Waals surface area contributed by atoms with Crippen molar-refractivity contribution in [3.8, 4) is 5.75 Å². The Hall–Kier alpha value is -1.27. The van der Waals surface area contributed by atoms with Gasteiger partial charge in [0.05, 0.1) is 6.10 Å². The van der Waals surface area contributed by atoms with Crippen molar-refractivity contribution < 1.29 is 9.53 Å². The predicted molar refractivity (Wildman–Crippen MR) is 135 cm³/mol. The first-order chi connectivity index (χ1) is 15.4. The van der Waals surface area contributed by atoms with E-state index in [0.717, 1.165) is 36.8 Å². The van der Waals surface area contributed by atoms with Gasteiger partial charge >= 0.3 is 6.03 Å². The lowest BCUT2D eigenvalue weighted by Gasteiger charge is -2.34. The summed E-state index contributed by atoms with van der Waals surface area (Å²) in [4.78, 5) is 14.4. The third-order valence-electron chi connectivity index (χ3n) is 6.98. The number of likely N-dealkylation sites (tertiary alicyclic amines) is 1. The van der Waals surface area contributed by atoms with Crippen molar-refractivity contribution in [3.05, 3.63) is 28.2 Å². The lowest BCUT2D eigenvalue weighted by molar-refractivity contribution is 0.163. The number of nitrogens with zero attached hydrogens (tertiary/aromatic N) is 1. The van der Waals surface area contributed by atoms with Gasteiger partial charge in [-0.15, -0.1) is 0 Å². The van der Waals surface area contributed by atoms with E-state index < -0.39 is 0 Å². The summed E-state index contributed by atoms with van der Waals surface area (Å²) in [6, 6.07) is 6.75. The van der Waals surface area contributed by atoms with E-state index >= 15 is 0 Å². The lowest BCUT2D eigenvalue weighted by Crippen LogP contribution is -2.43. The van der Waals surface area contributed by atoms with Crippen LogP contribution in [0.3, 0.4) is 0 Å². The number of halogens is 1. The van der Waals surface area contributed by atoms with E-state index in [9.17, 15) is 4.79 Å². The van der Waals surface area contributed by atoms with Gasteiger partial charge in [-0.2, -0.15) is 0 Å². The number of rotatable bonds is 9. The van der Waals surface area contributed by atoms with E-state index in [-0.39, 0.29) is 12.1 Å². The number of urea groups is 1. The zero-order valence-electron chi connectivity index (χ0n) is 20.2. The van der Waals surface area contributed by atoms with Crippen molar-refractivity contribution in [2.75, 3.05) is 26.2 Å². The molecule has 6 heteroatoms. The monoisotopic (exact) mass is 507 g/mol. The first kappa shape index (κ1) is 25.4. The van der Waals surface area contributed by atoms with Gasteiger partial charge in [0.15, 0.2) is 0 Å². The summed E-state index contributed by atoms with van der Waals surface area (Å²) in [6.45, 7) is 10.5. The molecule has 1 heterocycles. The maximum Gasteiger partial charge on any atom is 0.314 e. The number of nitrogens with one attached hydrogen (secondary N) is 2. The minimum atomic E-state index is -0.00924. The molecule has 2 fully saturated rings. The normalized spacial score (nSPS) is 22.7. The molecule has 0 bridgehead atoms. The molecule has 0 spiro atoms. The van der Waals surface area contributed by atoms with Gasteiger partial charge in [0.2, 0.25) is 0 Å². The second-order valence-electron chi connectivity index (χ2n) is 9.92. The highest BCUT2D eigenvalue weighted by Crippen LogP contribution is 2.30. The minimum Gasteiger partial charge on any atom is -0.491 e. The average Bonchev–Trinajstić information content (AvgIpc) is 2.76. The number of amides is 2. The molecule has 5 nitrogen and oxygen atoms in total. The van der Waals surface area contributed by atoms with Crippen LogP contribution < -0.4 is 15.4 Å². The quantitative estimate of drug-likeness (QED) is 0.446. The Balaban J connectivity index is 1.34. The van der Waals surface area contributed by atoms with Crippen molar-refractivity contribution in [3.63, 3.8) is 0 Å².